The van der Waals surface area contributed by atoms with Crippen LogP contribution in [0.4, 0.5) is 10.1 Å². The maximum Gasteiger partial charge on any atom is 0.265 e. The Morgan fingerprint density at radius 1 is 1.04 bits per heavy atom. The molecule has 1 saturated heterocycles. The molecular weight excluding hydrogens is 394 g/mol. The number of anilines is 1. The van der Waals surface area contributed by atoms with Crippen LogP contribution in [0, 0.1) is 5.82 Å². The fraction of sp³-hybridized carbons (Fsp3) is 0.211. The molecule has 0 aliphatic carbocycles. The van der Waals surface area contributed by atoms with E-state index < -0.39 is 0 Å². The molecular formula is C19H15Cl2FN2OS. The average molecular weight is 409 g/mol. The number of fused-ring (bicyclic) bond motifs is 1. The molecule has 1 aromatic heterocycles. The van der Waals surface area contributed by atoms with Gasteiger partial charge in [-0.2, -0.15) is 0 Å². The number of rotatable bonds is 2. The van der Waals surface area contributed by atoms with E-state index in [2.05, 4.69) is 4.90 Å². The Bertz CT molecular complexity index is 983. The van der Waals surface area contributed by atoms with Crippen molar-refractivity contribution in [2.24, 2.45) is 0 Å². The molecule has 26 heavy (non-hydrogen) atoms. The number of hydrogen-bond donors (Lipinski definition) is 0. The van der Waals surface area contributed by atoms with Crippen LogP contribution >= 0.6 is 34.5 Å². The second kappa shape index (κ2) is 7.06. The number of hydrogen-bond acceptors (Lipinski definition) is 3. The number of nitrogens with zero attached hydrogens (tertiary/aromatic N) is 2. The van der Waals surface area contributed by atoms with Crippen molar-refractivity contribution < 1.29 is 9.18 Å². The van der Waals surface area contributed by atoms with Gasteiger partial charge in [0.15, 0.2) is 0 Å². The van der Waals surface area contributed by atoms with Gasteiger partial charge in [-0.05, 0) is 30.3 Å². The second-order valence-corrected chi connectivity index (χ2v) is 7.95. The predicted molar refractivity (Wildman–Crippen MR) is 106 cm³/mol. The summed E-state index contributed by atoms with van der Waals surface area (Å²) in [7, 11) is 0. The van der Waals surface area contributed by atoms with Gasteiger partial charge in [-0.3, -0.25) is 4.79 Å². The first-order valence-electron chi connectivity index (χ1n) is 8.21. The van der Waals surface area contributed by atoms with Crippen LogP contribution in [-0.4, -0.2) is 37.0 Å². The van der Waals surface area contributed by atoms with Crippen LogP contribution in [-0.2, 0) is 0 Å². The first kappa shape index (κ1) is 17.6. The number of benzene rings is 2. The first-order valence-corrected chi connectivity index (χ1v) is 9.78. The topological polar surface area (TPSA) is 23.6 Å². The van der Waals surface area contributed by atoms with Gasteiger partial charge in [0.05, 0.1) is 15.7 Å². The minimum absolute atomic E-state index is 0.101. The molecule has 7 heteroatoms. The maximum absolute atomic E-state index is 13.4. The smallest absolute Gasteiger partial charge is 0.265 e. The Morgan fingerprint density at radius 3 is 2.50 bits per heavy atom. The van der Waals surface area contributed by atoms with Crippen LogP contribution < -0.4 is 4.90 Å². The minimum Gasteiger partial charge on any atom is -0.367 e. The fourth-order valence-corrected chi connectivity index (χ4v) is 4.94. The summed E-state index contributed by atoms with van der Waals surface area (Å²) in [5.74, 6) is -0.432. The van der Waals surface area contributed by atoms with Gasteiger partial charge in [0.2, 0.25) is 0 Å². The summed E-state index contributed by atoms with van der Waals surface area (Å²) >= 11 is 13.9. The monoisotopic (exact) mass is 408 g/mol. The molecule has 2 aromatic carbocycles. The number of carbonyl (C=O) groups excluding carboxylic acids is 1. The van der Waals surface area contributed by atoms with Crippen molar-refractivity contribution in [2.75, 3.05) is 31.1 Å². The molecule has 1 aliphatic heterocycles. The fourth-order valence-electron chi connectivity index (χ4n) is 3.18. The molecule has 3 nitrogen and oxygen atoms in total. The van der Waals surface area contributed by atoms with E-state index in [1.54, 1.807) is 11.0 Å². The van der Waals surface area contributed by atoms with Crippen molar-refractivity contribution in [1.82, 2.24) is 4.90 Å². The molecule has 0 saturated carbocycles. The normalized spacial score (nSPS) is 14.9. The average Bonchev–Trinajstić information content (AvgIpc) is 2.97. The van der Waals surface area contributed by atoms with Crippen molar-refractivity contribution in [3.05, 3.63) is 63.2 Å². The first-order chi connectivity index (χ1) is 12.5. The van der Waals surface area contributed by atoms with Gasteiger partial charge in [-0.15, -0.1) is 11.3 Å². The molecule has 134 valence electrons. The molecule has 2 heterocycles. The summed E-state index contributed by atoms with van der Waals surface area (Å²) in [5.41, 5.74) is 0.983. The Hall–Kier alpha value is -1.82. The Morgan fingerprint density at radius 2 is 1.77 bits per heavy atom. The number of amides is 1. The lowest BCUT2D eigenvalue weighted by atomic mass is 10.2. The van der Waals surface area contributed by atoms with Gasteiger partial charge in [0.1, 0.15) is 10.7 Å². The molecule has 1 amide bonds. The molecule has 4 rings (SSSR count). The van der Waals surface area contributed by atoms with E-state index in [9.17, 15) is 9.18 Å². The largest absolute Gasteiger partial charge is 0.367 e. The van der Waals surface area contributed by atoms with Crippen LogP contribution in [0.15, 0.2) is 42.5 Å². The van der Waals surface area contributed by atoms with Crippen molar-refractivity contribution in [3.8, 4) is 0 Å². The zero-order valence-corrected chi connectivity index (χ0v) is 16.0. The SMILES string of the molecule is O=C(c1sc2cc(F)ccc2c1Cl)N1CCN(c2ccccc2Cl)CC1. The van der Waals surface area contributed by atoms with Crippen molar-refractivity contribution >= 4 is 56.2 Å². The summed E-state index contributed by atoms with van der Waals surface area (Å²) in [6.45, 7) is 2.57. The van der Waals surface area contributed by atoms with E-state index in [-0.39, 0.29) is 11.7 Å². The van der Waals surface area contributed by atoms with E-state index in [0.717, 1.165) is 11.1 Å². The molecule has 0 bridgehead atoms. The van der Waals surface area contributed by atoms with Crippen molar-refractivity contribution in [2.45, 2.75) is 0 Å². The Kier molecular flexibility index (Phi) is 4.78. The lowest BCUT2D eigenvalue weighted by Gasteiger charge is -2.36. The summed E-state index contributed by atoms with van der Waals surface area (Å²) < 4.78 is 14.1. The number of piperazine rings is 1. The highest BCUT2D eigenvalue weighted by Crippen LogP contribution is 2.36. The zero-order chi connectivity index (χ0) is 18.3. The van der Waals surface area contributed by atoms with E-state index in [1.165, 1.54) is 23.5 Å². The van der Waals surface area contributed by atoms with Gasteiger partial charge in [-0.25, -0.2) is 4.39 Å². The number of thiophene rings is 1. The lowest BCUT2D eigenvalue weighted by molar-refractivity contribution is 0.0752. The van der Waals surface area contributed by atoms with Crippen LogP contribution in [0.25, 0.3) is 10.1 Å². The third-order valence-corrected chi connectivity index (χ3v) is 6.51. The third kappa shape index (κ3) is 3.15. The van der Waals surface area contributed by atoms with Gasteiger partial charge < -0.3 is 9.80 Å². The Balaban J connectivity index is 1.52. The molecule has 0 radical (unpaired) electrons. The van der Waals surface area contributed by atoms with Gasteiger partial charge in [0.25, 0.3) is 5.91 Å². The minimum atomic E-state index is -0.331. The summed E-state index contributed by atoms with van der Waals surface area (Å²) in [6, 6.07) is 12.1. The van der Waals surface area contributed by atoms with E-state index in [1.807, 2.05) is 24.3 Å². The van der Waals surface area contributed by atoms with Crippen molar-refractivity contribution in [1.29, 1.82) is 0 Å². The van der Waals surface area contributed by atoms with E-state index in [4.69, 9.17) is 23.2 Å². The standard InChI is InChI=1S/C19H15Cl2FN2OS/c20-14-3-1-2-4-15(14)23-7-9-24(10-8-23)19(25)18-17(21)13-6-5-12(22)11-16(13)26-18/h1-6,11H,7-10H2. The summed E-state index contributed by atoms with van der Waals surface area (Å²) in [5, 5.41) is 1.83. The van der Waals surface area contributed by atoms with E-state index in [0.29, 0.717) is 45.8 Å². The molecule has 0 N–H and O–H groups in total. The van der Waals surface area contributed by atoms with Gasteiger partial charge in [-0.1, -0.05) is 35.3 Å². The molecule has 1 aliphatic rings. The molecule has 0 atom stereocenters. The van der Waals surface area contributed by atoms with Crippen LogP contribution in [0.2, 0.25) is 10.0 Å². The summed E-state index contributed by atoms with van der Waals surface area (Å²) in [6.07, 6.45) is 0. The summed E-state index contributed by atoms with van der Waals surface area (Å²) in [4.78, 5) is 17.3. The van der Waals surface area contributed by atoms with Crippen LogP contribution in [0.5, 0.6) is 0 Å². The Labute approximate surface area is 164 Å². The maximum atomic E-state index is 13.4. The van der Waals surface area contributed by atoms with Gasteiger partial charge in [0, 0.05) is 36.3 Å². The lowest BCUT2D eigenvalue weighted by Crippen LogP contribution is -2.48. The number of carbonyl (C=O) groups is 1. The van der Waals surface area contributed by atoms with Crippen LogP contribution in [0.1, 0.15) is 9.67 Å². The third-order valence-electron chi connectivity index (χ3n) is 4.55. The highest BCUT2D eigenvalue weighted by atomic mass is 35.5. The molecule has 0 unspecified atom stereocenters. The van der Waals surface area contributed by atoms with Gasteiger partial charge >= 0.3 is 0 Å². The highest BCUT2D eigenvalue weighted by Gasteiger charge is 2.26. The van der Waals surface area contributed by atoms with Crippen molar-refractivity contribution in [3.63, 3.8) is 0 Å². The number of para-hydroxylation sites is 1. The zero-order valence-electron chi connectivity index (χ0n) is 13.7. The highest BCUT2D eigenvalue weighted by molar-refractivity contribution is 7.21. The molecule has 0 spiro atoms. The van der Waals surface area contributed by atoms with Crippen LogP contribution in [0.3, 0.4) is 0 Å². The van der Waals surface area contributed by atoms with E-state index >= 15 is 0 Å². The molecule has 3 aromatic rings. The number of halogens is 3. The molecule has 1 fully saturated rings. The predicted octanol–water partition coefficient (Wildman–Crippen LogP) is 5.31. The quantitative estimate of drug-likeness (QED) is 0.573. The second-order valence-electron chi connectivity index (χ2n) is 6.12.